The van der Waals surface area contributed by atoms with Gasteiger partial charge in [0.25, 0.3) is 5.13 Å². The summed E-state index contributed by atoms with van der Waals surface area (Å²) in [5, 5.41) is -3.65. The Labute approximate surface area is 111 Å². The summed E-state index contributed by atoms with van der Waals surface area (Å²) < 4.78 is 54.1. The van der Waals surface area contributed by atoms with E-state index in [0.29, 0.717) is 6.61 Å². The molecule has 0 N–H and O–H groups in total. The lowest BCUT2D eigenvalue weighted by molar-refractivity contribution is -0.143. The van der Waals surface area contributed by atoms with Gasteiger partial charge in [-0.25, -0.2) is 8.78 Å². The smallest absolute Gasteiger partial charge is 0.356 e. The summed E-state index contributed by atoms with van der Waals surface area (Å²) in [6.45, 7) is 2.12. The molecule has 1 rings (SSSR count). The van der Waals surface area contributed by atoms with Crippen LogP contribution in [0.1, 0.15) is 13.3 Å². The molecule has 1 heterocycles. The van der Waals surface area contributed by atoms with E-state index in [2.05, 4.69) is 23.2 Å². The van der Waals surface area contributed by atoms with Crippen molar-refractivity contribution in [3.63, 3.8) is 0 Å². The Morgan fingerprint density at radius 3 is 2.00 bits per heavy atom. The van der Waals surface area contributed by atoms with Gasteiger partial charge >= 0.3 is 10.5 Å². The van der Waals surface area contributed by atoms with Crippen LogP contribution >= 0.6 is 34.8 Å². The van der Waals surface area contributed by atoms with Crippen molar-refractivity contribution in [2.45, 2.75) is 29.0 Å². The van der Waals surface area contributed by atoms with Gasteiger partial charge in [-0.3, -0.25) is 0 Å². The molecule has 0 saturated carbocycles. The molecule has 3 atom stereocenters. The molecular formula is C9H11Cl3F4O. The van der Waals surface area contributed by atoms with Crippen LogP contribution < -0.4 is 0 Å². The highest BCUT2D eigenvalue weighted by Gasteiger charge is 2.68. The third-order valence-electron chi connectivity index (χ3n) is 2.85. The van der Waals surface area contributed by atoms with E-state index >= 15 is 0 Å². The Morgan fingerprint density at radius 2 is 1.65 bits per heavy atom. The molecule has 3 unspecified atom stereocenters. The monoisotopic (exact) mass is 316 g/mol. The van der Waals surface area contributed by atoms with Crippen molar-refractivity contribution >= 4 is 34.8 Å². The van der Waals surface area contributed by atoms with Crippen LogP contribution in [0.4, 0.5) is 17.6 Å². The normalized spacial score (nSPS) is 30.4. The summed E-state index contributed by atoms with van der Waals surface area (Å²) >= 11 is 14.3. The zero-order chi connectivity index (χ0) is 13.5. The largest absolute Gasteiger partial charge is 0.381 e. The number of halogens is 7. The van der Waals surface area contributed by atoms with Crippen LogP contribution in [0.3, 0.4) is 0 Å². The summed E-state index contributed by atoms with van der Waals surface area (Å²) in [5.41, 5.74) is 0. The lowest BCUT2D eigenvalue weighted by atomic mass is 9.90. The Hall–Kier alpha value is 0.550. The molecule has 1 nitrogen and oxygen atoms in total. The van der Waals surface area contributed by atoms with Gasteiger partial charge in [-0.2, -0.15) is 8.78 Å². The first-order valence-electron chi connectivity index (χ1n) is 4.89. The minimum absolute atomic E-state index is 0.0967. The summed E-state index contributed by atoms with van der Waals surface area (Å²) in [7, 11) is 0. The maximum Gasteiger partial charge on any atom is 0.356 e. The standard InChI is InChI=1S/C9H11Cl3F4O/c1-5-3-17-4-6(5)2-7(10,13)8(14,15)9(11,12)16/h5-6H,2-4H2,1H3. The lowest BCUT2D eigenvalue weighted by Crippen LogP contribution is -2.51. The van der Waals surface area contributed by atoms with Gasteiger partial charge < -0.3 is 4.74 Å². The zero-order valence-corrected chi connectivity index (χ0v) is 11.1. The average molecular weight is 318 g/mol. The van der Waals surface area contributed by atoms with E-state index in [-0.39, 0.29) is 12.5 Å². The van der Waals surface area contributed by atoms with Crippen LogP contribution in [-0.4, -0.2) is 28.9 Å². The molecule has 0 aromatic heterocycles. The molecule has 102 valence electrons. The van der Waals surface area contributed by atoms with Crippen molar-refractivity contribution in [1.29, 1.82) is 0 Å². The molecule has 17 heavy (non-hydrogen) atoms. The first-order valence-corrected chi connectivity index (χ1v) is 6.02. The van der Waals surface area contributed by atoms with Gasteiger partial charge in [-0.15, -0.1) is 0 Å². The molecule has 1 aliphatic rings. The maximum absolute atomic E-state index is 13.7. The van der Waals surface area contributed by atoms with Gasteiger partial charge in [0.05, 0.1) is 0 Å². The number of rotatable bonds is 4. The summed E-state index contributed by atoms with van der Waals surface area (Å²) in [6, 6.07) is 0. The molecule has 0 radical (unpaired) electrons. The molecule has 0 aliphatic carbocycles. The first-order chi connectivity index (χ1) is 7.49. The first kappa shape index (κ1) is 15.6. The second kappa shape index (κ2) is 4.91. The Kier molecular flexibility index (Phi) is 4.51. The van der Waals surface area contributed by atoms with Crippen LogP contribution in [0.15, 0.2) is 0 Å². The van der Waals surface area contributed by atoms with Crippen LogP contribution in [0.5, 0.6) is 0 Å². The number of alkyl halides is 7. The minimum Gasteiger partial charge on any atom is -0.381 e. The molecule has 1 aliphatic heterocycles. The summed E-state index contributed by atoms with van der Waals surface area (Å²) in [6.07, 6.45) is -0.784. The van der Waals surface area contributed by atoms with E-state index in [1.807, 2.05) is 0 Å². The quantitative estimate of drug-likeness (QED) is 0.555. The van der Waals surface area contributed by atoms with E-state index in [1.165, 1.54) is 0 Å². The Balaban J connectivity index is 2.80. The van der Waals surface area contributed by atoms with Crippen molar-refractivity contribution in [3.05, 3.63) is 0 Å². The highest BCUT2D eigenvalue weighted by atomic mass is 35.5. The van der Waals surface area contributed by atoms with E-state index in [9.17, 15) is 17.6 Å². The fraction of sp³-hybridized carbons (Fsp3) is 1.00. The second-order valence-corrected chi connectivity index (χ2v) is 6.09. The molecule has 0 aromatic rings. The van der Waals surface area contributed by atoms with Gasteiger partial charge in [0.1, 0.15) is 0 Å². The van der Waals surface area contributed by atoms with Crippen molar-refractivity contribution in [3.8, 4) is 0 Å². The van der Waals surface area contributed by atoms with Crippen LogP contribution in [-0.2, 0) is 4.74 Å². The second-order valence-electron chi connectivity index (χ2n) is 4.26. The number of hydrogen-bond acceptors (Lipinski definition) is 1. The summed E-state index contributed by atoms with van der Waals surface area (Å²) in [4.78, 5) is 0. The zero-order valence-electron chi connectivity index (χ0n) is 8.83. The van der Waals surface area contributed by atoms with Crippen LogP contribution in [0.25, 0.3) is 0 Å². The van der Waals surface area contributed by atoms with E-state index in [1.54, 1.807) is 6.92 Å². The molecule has 8 heteroatoms. The highest BCUT2D eigenvalue weighted by Crippen LogP contribution is 2.53. The molecule has 1 saturated heterocycles. The van der Waals surface area contributed by atoms with Gasteiger partial charge in [-0.05, 0) is 11.8 Å². The van der Waals surface area contributed by atoms with Gasteiger partial charge in [0, 0.05) is 19.6 Å². The SMILES string of the molecule is CC1COCC1CC(F)(Cl)C(F)(F)C(F)(Cl)Cl. The minimum atomic E-state index is -4.72. The van der Waals surface area contributed by atoms with E-state index in [4.69, 9.17) is 16.3 Å². The average Bonchev–Trinajstić information content (AvgIpc) is 2.49. The van der Waals surface area contributed by atoms with Crippen molar-refractivity contribution in [2.24, 2.45) is 11.8 Å². The summed E-state index contributed by atoms with van der Waals surface area (Å²) in [5.74, 6) is -5.38. The van der Waals surface area contributed by atoms with Gasteiger partial charge in [0.15, 0.2) is 0 Å². The third-order valence-corrected chi connectivity index (χ3v) is 3.72. The number of ether oxygens (including phenoxy) is 1. The van der Waals surface area contributed by atoms with Crippen LogP contribution in [0, 0.1) is 11.8 Å². The van der Waals surface area contributed by atoms with Crippen molar-refractivity contribution in [2.75, 3.05) is 13.2 Å². The molecular weight excluding hydrogens is 306 g/mol. The Morgan fingerprint density at radius 1 is 1.12 bits per heavy atom. The predicted octanol–water partition coefficient (Wildman–Crippen LogP) is 4.30. The van der Waals surface area contributed by atoms with Crippen LogP contribution in [0.2, 0.25) is 0 Å². The topological polar surface area (TPSA) is 9.23 Å². The lowest BCUT2D eigenvalue weighted by Gasteiger charge is -2.33. The highest BCUT2D eigenvalue weighted by molar-refractivity contribution is 6.48. The maximum atomic E-state index is 13.7. The van der Waals surface area contributed by atoms with E-state index < -0.39 is 28.0 Å². The molecule has 0 aromatic carbocycles. The van der Waals surface area contributed by atoms with Gasteiger partial charge in [-0.1, -0.05) is 41.7 Å². The number of hydrogen-bond donors (Lipinski definition) is 0. The van der Waals surface area contributed by atoms with Gasteiger partial charge in [0.2, 0.25) is 0 Å². The third kappa shape index (κ3) is 3.11. The fourth-order valence-corrected chi connectivity index (χ4v) is 2.36. The van der Waals surface area contributed by atoms with E-state index in [0.717, 1.165) is 0 Å². The molecule has 1 fully saturated rings. The van der Waals surface area contributed by atoms with Crippen molar-refractivity contribution < 1.29 is 22.3 Å². The Bertz CT molecular complexity index is 280. The van der Waals surface area contributed by atoms with Crippen molar-refractivity contribution in [1.82, 2.24) is 0 Å². The molecule has 0 spiro atoms. The molecule has 0 amide bonds. The predicted molar refractivity (Wildman–Crippen MR) is 58.3 cm³/mol. The molecule has 0 bridgehead atoms. The fourth-order valence-electron chi connectivity index (χ4n) is 1.63.